The van der Waals surface area contributed by atoms with E-state index in [1.807, 2.05) is 4.68 Å². The summed E-state index contributed by atoms with van der Waals surface area (Å²) in [5.41, 5.74) is 3.89. The Labute approximate surface area is 99.8 Å². The molecule has 3 rings (SSSR count). The third kappa shape index (κ3) is 1.67. The summed E-state index contributed by atoms with van der Waals surface area (Å²) < 4.78 is 1.88. The number of hydrogen-bond donors (Lipinski definition) is 1. The summed E-state index contributed by atoms with van der Waals surface area (Å²) in [6.07, 6.45) is 1.02. The van der Waals surface area contributed by atoms with Crippen LogP contribution in [0.5, 0.6) is 0 Å². The minimum absolute atomic E-state index is 0.251. The van der Waals surface area contributed by atoms with Gasteiger partial charge in [0.25, 0.3) is 0 Å². The molecule has 1 N–H and O–H groups in total. The van der Waals surface area contributed by atoms with Gasteiger partial charge in [-0.2, -0.15) is 0 Å². The molecule has 0 aliphatic carbocycles. The molecule has 17 heavy (non-hydrogen) atoms. The number of anilines is 1. The van der Waals surface area contributed by atoms with Crippen molar-refractivity contribution < 1.29 is 0 Å². The average molecular weight is 229 g/mol. The van der Waals surface area contributed by atoms with Gasteiger partial charge in [0.05, 0.1) is 6.04 Å². The van der Waals surface area contributed by atoms with Crippen LogP contribution in [0.3, 0.4) is 0 Å². The van der Waals surface area contributed by atoms with Crippen molar-refractivity contribution in [1.82, 2.24) is 20.2 Å². The minimum Gasteiger partial charge on any atom is -0.353 e. The molecule has 0 amide bonds. The van der Waals surface area contributed by atoms with Crippen molar-refractivity contribution in [1.29, 1.82) is 0 Å². The Bertz CT molecular complexity index is 546. The molecule has 2 heterocycles. The second-order valence-electron chi connectivity index (χ2n) is 4.54. The lowest BCUT2D eigenvalue weighted by atomic mass is 9.96. The zero-order chi connectivity index (χ0) is 11.8. The lowest BCUT2D eigenvalue weighted by Gasteiger charge is -2.25. The fraction of sp³-hybridized carbons (Fsp3) is 0.417. The van der Waals surface area contributed by atoms with Gasteiger partial charge in [0.1, 0.15) is 0 Å². The van der Waals surface area contributed by atoms with Gasteiger partial charge in [-0.1, -0.05) is 28.9 Å². The highest BCUT2D eigenvalue weighted by Gasteiger charge is 2.24. The SMILES string of the molecule is Cc1ccc(C)c(C2CCNc3nnnn32)c1. The Hall–Kier alpha value is -1.91. The summed E-state index contributed by atoms with van der Waals surface area (Å²) in [6, 6.07) is 6.79. The molecule has 88 valence electrons. The average Bonchev–Trinajstić information content (AvgIpc) is 2.80. The Morgan fingerprint density at radius 2 is 2.24 bits per heavy atom. The van der Waals surface area contributed by atoms with Crippen molar-refractivity contribution in [3.63, 3.8) is 0 Å². The third-order valence-electron chi connectivity index (χ3n) is 3.28. The van der Waals surface area contributed by atoms with Crippen LogP contribution in [-0.2, 0) is 0 Å². The summed E-state index contributed by atoms with van der Waals surface area (Å²) >= 11 is 0. The first-order chi connectivity index (χ1) is 8.25. The van der Waals surface area contributed by atoms with E-state index in [1.165, 1.54) is 16.7 Å². The molecule has 1 aliphatic heterocycles. The van der Waals surface area contributed by atoms with Crippen LogP contribution in [-0.4, -0.2) is 26.8 Å². The standard InChI is InChI=1S/C12H15N5/c1-8-3-4-9(2)10(7-8)11-5-6-13-12-14-15-16-17(11)12/h3-4,7,11H,5-6H2,1-2H3,(H,13,14,16). The van der Waals surface area contributed by atoms with Crippen LogP contribution >= 0.6 is 0 Å². The molecule has 0 saturated heterocycles. The fourth-order valence-corrected chi connectivity index (χ4v) is 2.37. The normalized spacial score (nSPS) is 18.6. The molecule has 0 spiro atoms. The van der Waals surface area contributed by atoms with Crippen LogP contribution in [0.15, 0.2) is 18.2 Å². The quantitative estimate of drug-likeness (QED) is 0.808. The van der Waals surface area contributed by atoms with Crippen molar-refractivity contribution in [2.24, 2.45) is 0 Å². The maximum Gasteiger partial charge on any atom is 0.243 e. The predicted octanol–water partition coefficient (Wildman–Crippen LogP) is 1.69. The van der Waals surface area contributed by atoms with Gasteiger partial charge in [0.2, 0.25) is 5.95 Å². The lowest BCUT2D eigenvalue weighted by molar-refractivity contribution is 0.467. The van der Waals surface area contributed by atoms with Crippen molar-refractivity contribution >= 4 is 5.95 Å². The monoisotopic (exact) mass is 229 g/mol. The van der Waals surface area contributed by atoms with Crippen LogP contribution in [0.25, 0.3) is 0 Å². The zero-order valence-corrected chi connectivity index (χ0v) is 10.0. The van der Waals surface area contributed by atoms with E-state index in [-0.39, 0.29) is 6.04 Å². The van der Waals surface area contributed by atoms with Gasteiger partial charge in [-0.15, -0.1) is 0 Å². The van der Waals surface area contributed by atoms with E-state index in [2.05, 4.69) is 52.9 Å². The number of fused-ring (bicyclic) bond motifs is 1. The van der Waals surface area contributed by atoms with Gasteiger partial charge in [-0.3, -0.25) is 0 Å². The molecule has 0 radical (unpaired) electrons. The summed E-state index contributed by atoms with van der Waals surface area (Å²) in [5.74, 6) is 0.766. The van der Waals surface area contributed by atoms with Gasteiger partial charge in [0, 0.05) is 6.54 Å². The first-order valence-corrected chi connectivity index (χ1v) is 5.84. The summed E-state index contributed by atoms with van der Waals surface area (Å²) in [7, 11) is 0. The number of nitrogens with zero attached hydrogens (tertiary/aromatic N) is 4. The fourth-order valence-electron chi connectivity index (χ4n) is 2.37. The Kier molecular flexibility index (Phi) is 2.31. The number of benzene rings is 1. The Morgan fingerprint density at radius 1 is 1.35 bits per heavy atom. The highest BCUT2D eigenvalue weighted by atomic mass is 15.6. The van der Waals surface area contributed by atoms with Crippen molar-refractivity contribution in [2.45, 2.75) is 26.3 Å². The number of nitrogens with one attached hydrogen (secondary N) is 1. The van der Waals surface area contributed by atoms with E-state index < -0.39 is 0 Å². The topological polar surface area (TPSA) is 55.6 Å². The van der Waals surface area contributed by atoms with E-state index in [0.29, 0.717) is 0 Å². The maximum atomic E-state index is 4.08. The van der Waals surface area contributed by atoms with Gasteiger partial charge < -0.3 is 5.32 Å². The van der Waals surface area contributed by atoms with Crippen molar-refractivity contribution in [2.75, 3.05) is 11.9 Å². The molecule has 1 aromatic heterocycles. The highest BCUT2D eigenvalue weighted by molar-refractivity contribution is 5.37. The van der Waals surface area contributed by atoms with E-state index in [4.69, 9.17) is 0 Å². The molecule has 0 bridgehead atoms. The van der Waals surface area contributed by atoms with Crippen molar-refractivity contribution in [3.05, 3.63) is 34.9 Å². The van der Waals surface area contributed by atoms with Crippen LogP contribution in [0.4, 0.5) is 5.95 Å². The second kappa shape index (κ2) is 3.84. The minimum atomic E-state index is 0.251. The van der Waals surface area contributed by atoms with E-state index in [1.54, 1.807) is 0 Å². The van der Waals surface area contributed by atoms with E-state index in [0.717, 1.165) is 18.9 Å². The molecule has 1 unspecified atom stereocenters. The highest BCUT2D eigenvalue weighted by Crippen LogP contribution is 2.29. The zero-order valence-electron chi connectivity index (χ0n) is 10.0. The predicted molar refractivity (Wildman–Crippen MR) is 65.0 cm³/mol. The molecule has 1 aliphatic rings. The van der Waals surface area contributed by atoms with Crippen LogP contribution < -0.4 is 5.32 Å². The number of hydrogen-bond acceptors (Lipinski definition) is 4. The molecule has 1 atom stereocenters. The van der Waals surface area contributed by atoms with Gasteiger partial charge in [0.15, 0.2) is 0 Å². The first kappa shape index (κ1) is 10.3. The first-order valence-electron chi connectivity index (χ1n) is 5.84. The Morgan fingerprint density at radius 3 is 3.12 bits per heavy atom. The number of aromatic nitrogens is 4. The number of rotatable bonds is 1. The molecular formula is C12H15N5. The second-order valence-corrected chi connectivity index (χ2v) is 4.54. The maximum absolute atomic E-state index is 4.08. The summed E-state index contributed by atoms with van der Waals surface area (Å²) in [4.78, 5) is 0. The van der Waals surface area contributed by atoms with Gasteiger partial charge >= 0.3 is 0 Å². The molecule has 2 aromatic rings. The van der Waals surface area contributed by atoms with Crippen LogP contribution in [0, 0.1) is 13.8 Å². The third-order valence-corrected chi connectivity index (χ3v) is 3.28. The molecule has 5 heteroatoms. The van der Waals surface area contributed by atoms with E-state index in [9.17, 15) is 0 Å². The largest absolute Gasteiger partial charge is 0.353 e. The molecule has 5 nitrogen and oxygen atoms in total. The molecule has 1 aromatic carbocycles. The molecular weight excluding hydrogens is 214 g/mol. The number of aryl methyl sites for hydroxylation is 2. The van der Waals surface area contributed by atoms with E-state index >= 15 is 0 Å². The molecule has 0 fully saturated rings. The summed E-state index contributed by atoms with van der Waals surface area (Å²) in [5, 5.41) is 15.0. The van der Waals surface area contributed by atoms with Crippen LogP contribution in [0.1, 0.15) is 29.2 Å². The molecule has 0 saturated carbocycles. The van der Waals surface area contributed by atoms with Gasteiger partial charge in [-0.05, 0) is 41.8 Å². The number of tetrazole rings is 1. The smallest absolute Gasteiger partial charge is 0.243 e. The van der Waals surface area contributed by atoms with Crippen molar-refractivity contribution in [3.8, 4) is 0 Å². The summed E-state index contributed by atoms with van der Waals surface area (Å²) in [6.45, 7) is 5.17. The lowest BCUT2D eigenvalue weighted by Crippen LogP contribution is -2.25. The van der Waals surface area contributed by atoms with Crippen LogP contribution in [0.2, 0.25) is 0 Å². The Balaban J connectivity index is 2.09. The van der Waals surface area contributed by atoms with Gasteiger partial charge in [-0.25, -0.2) is 4.68 Å².